The van der Waals surface area contributed by atoms with Gasteiger partial charge >= 0.3 is 0 Å². The highest BCUT2D eigenvalue weighted by Gasteiger charge is 2.26. The molecule has 1 rings (SSSR count). The molecule has 90 valence electrons. The van der Waals surface area contributed by atoms with Crippen LogP contribution in [0.25, 0.3) is 0 Å². The third-order valence-corrected chi connectivity index (χ3v) is 2.61. The molecule has 0 aromatic carbocycles. The summed E-state index contributed by atoms with van der Waals surface area (Å²) in [5.74, 6) is 0.423. The van der Waals surface area contributed by atoms with Gasteiger partial charge in [0.15, 0.2) is 0 Å². The van der Waals surface area contributed by atoms with E-state index in [9.17, 15) is 4.79 Å². The van der Waals surface area contributed by atoms with Gasteiger partial charge in [0.25, 0.3) is 0 Å². The van der Waals surface area contributed by atoms with Crippen molar-refractivity contribution in [2.24, 2.45) is 5.92 Å². The van der Waals surface area contributed by atoms with Crippen LogP contribution in [0.2, 0.25) is 0 Å². The molecule has 0 spiro atoms. The van der Waals surface area contributed by atoms with Crippen molar-refractivity contribution >= 4 is 5.91 Å². The largest absolute Gasteiger partial charge is 0.337 e. The standard InChI is InChI=1S/C10H20N2O.C2H6/c1-8(2)10(13)12-6-5-11(4)7-9(12)3;1-2/h8-9H,5-7H2,1-4H3;1-2H3. The number of rotatable bonds is 1. The van der Waals surface area contributed by atoms with E-state index in [2.05, 4.69) is 18.9 Å². The van der Waals surface area contributed by atoms with Crippen molar-refractivity contribution in [1.82, 2.24) is 9.80 Å². The van der Waals surface area contributed by atoms with E-state index in [0.717, 1.165) is 19.6 Å². The smallest absolute Gasteiger partial charge is 0.225 e. The van der Waals surface area contributed by atoms with E-state index >= 15 is 0 Å². The summed E-state index contributed by atoms with van der Waals surface area (Å²) in [6.45, 7) is 12.9. The fourth-order valence-electron chi connectivity index (χ4n) is 1.80. The van der Waals surface area contributed by atoms with Crippen LogP contribution >= 0.6 is 0 Å². The molecule has 1 heterocycles. The SMILES string of the molecule is CC.CC(C)C(=O)N1CCN(C)CC1C. The zero-order valence-corrected chi connectivity index (χ0v) is 11.1. The maximum absolute atomic E-state index is 11.7. The fraction of sp³-hybridized carbons (Fsp3) is 0.917. The van der Waals surface area contributed by atoms with Gasteiger partial charge in [0.1, 0.15) is 0 Å². The summed E-state index contributed by atoms with van der Waals surface area (Å²) in [5, 5.41) is 0. The molecule has 1 amide bonds. The van der Waals surface area contributed by atoms with E-state index in [-0.39, 0.29) is 5.92 Å². The Morgan fingerprint density at radius 3 is 2.20 bits per heavy atom. The zero-order valence-electron chi connectivity index (χ0n) is 11.1. The minimum atomic E-state index is 0.130. The number of piperazine rings is 1. The Bertz CT molecular complexity index is 192. The number of nitrogens with zero attached hydrogens (tertiary/aromatic N) is 2. The van der Waals surface area contributed by atoms with Gasteiger partial charge in [-0.15, -0.1) is 0 Å². The maximum atomic E-state index is 11.7. The van der Waals surface area contributed by atoms with Crippen LogP contribution in [0.3, 0.4) is 0 Å². The van der Waals surface area contributed by atoms with Crippen molar-refractivity contribution in [1.29, 1.82) is 0 Å². The monoisotopic (exact) mass is 214 g/mol. The van der Waals surface area contributed by atoms with Gasteiger partial charge in [-0.25, -0.2) is 0 Å². The molecule has 0 N–H and O–H groups in total. The molecule has 0 aliphatic carbocycles. The molecule has 0 saturated carbocycles. The van der Waals surface area contributed by atoms with Crippen LogP contribution in [-0.2, 0) is 4.79 Å². The Labute approximate surface area is 94.4 Å². The molecular formula is C12H26N2O. The van der Waals surface area contributed by atoms with E-state index < -0.39 is 0 Å². The van der Waals surface area contributed by atoms with Crippen molar-refractivity contribution < 1.29 is 4.79 Å². The van der Waals surface area contributed by atoms with Gasteiger partial charge in [0.2, 0.25) is 5.91 Å². The van der Waals surface area contributed by atoms with Crippen molar-refractivity contribution in [3.05, 3.63) is 0 Å². The van der Waals surface area contributed by atoms with Gasteiger partial charge in [-0.1, -0.05) is 27.7 Å². The summed E-state index contributed by atoms with van der Waals surface area (Å²) in [6.07, 6.45) is 0. The second kappa shape index (κ2) is 6.83. The molecule has 1 aliphatic heterocycles. The molecule has 0 aromatic heterocycles. The first-order valence-electron chi connectivity index (χ1n) is 6.01. The van der Waals surface area contributed by atoms with Gasteiger partial charge in [0.05, 0.1) is 0 Å². The molecule has 3 nitrogen and oxygen atoms in total. The van der Waals surface area contributed by atoms with E-state index in [1.165, 1.54) is 0 Å². The number of carbonyl (C=O) groups is 1. The van der Waals surface area contributed by atoms with Crippen LogP contribution in [0.5, 0.6) is 0 Å². The topological polar surface area (TPSA) is 23.6 Å². The summed E-state index contributed by atoms with van der Waals surface area (Å²) in [6, 6.07) is 0.369. The highest BCUT2D eigenvalue weighted by Crippen LogP contribution is 2.11. The Hall–Kier alpha value is -0.570. The molecule has 3 heteroatoms. The molecule has 1 unspecified atom stereocenters. The molecule has 0 bridgehead atoms. The Morgan fingerprint density at radius 1 is 1.27 bits per heavy atom. The normalized spacial score (nSPS) is 22.3. The van der Waals surface area contributed by atoms with E-state index in [0.29, 0.717) is 11.9 Å². The molecular weight excluding hydrogens is 188 g/mol. The zero-order chi connectivity index (χ0) is 12.0. The molecule has 1 aliphatic rings. The summed E-state index contributed by atoms with van der Waals surface area (Å²) < 4.78 is 0. The minimum Gasteiger partial charge on any atom is -0.337 e. The third-order valence-electron chi connectivity index (χ3n) is 2.61. The number of hydrogen-bond donors (Lipinski definition) is 0. The first-order valence-corrected chi connectivity index (χ1v) is 6.01. The summed E-state index contributed by atoms with van der Waals surface area (Å²) in [7, 11) is 2.10. The highest BCUT2D eigenvalue weighted by atomic mass is 16.2. The van der Waals surface area contributed by atoms with Crippen molar-refractivity contribution in [2.45, 2.75) is 40.7 Å². The highest BCUT2D eigenvalue weighted by molar-refractivity contribution is 5.78. The predicted molar refractivity (Wildman–Crippen MR) is 64.9 cm³/mol. The van der Waals surface area contributed by atoms with Crippen molar-refractivity contribution in [3.63, 3.8) is 0 Å². The maximum Gasteiger partial charge on any atom is 0.225 e. The van der Waals surface area contributed by atoms with Gasteiger partial charge in [-0.05, 0) is 14.0 Å². The first kappa shape index (κ1) is 14.4. The van der Waals surface area contributed by atoms with E-state index in [4.69, 9.17) is 0 Å². The second-order valence-corrected chi connectivity index (χ2v) is 4.30. The van der Waals surface area contributed by atoms with Gasteiger partial charge < -0.3 is 9.80 Å². The van der Waals surface area contributed by atoms with Crippen LogP contribution in [0, 0.1) is 5.92 Å². The number of carbonyl (C=O) groups excluding carboxylic acids is 1. The lowest BCUT2D eigenvalue weighted by Crippen LogP contribution is -2.53. The Balaban J connectivity index is 0.000000921. The molecule has 1 fully saturated rings. The Morgan fingerprint density at radius 2 is 1.80 bits per heavy atom. The van der Waals surface area contributed by atoms with Crippen LogP contribution < -0.4 is 0 Å². The van der Waals surface area contributed by atoms with E-state index in [1.54, 1.807) is 0 Å². The Kier molecular flexibility index (Phi) is 6.57. The number of likely N-dealkylation sites (N-methyl/N-ethyl adjacent to an activating group) is 1. The third kappa shape index (κ3) is 4.20. The van der Waals surface area contributed by atoms with Gasteiger partial charge in [-0.3, -0.25) is 4.79 Å². The average Bonchev–Trinajstić information content (AvgIpc) is 2.20. The summed E-state index contributed by atoms with van der Waals surface area (Å²) in [5.41, 5.74) is 0. The molecule has 0 radical (unpaired) electrons. The quantitative estimate of drug-likeness (QED) is 0.665. The van der Waals surface area contributed by atoms with Crippen LogP contribution in [0.1, 0.15) is 34.6 Å². The van der Waals surface area contributed by atoms with Crippen LogP contribution in [-0.4, -0.2) is 48.4 Å². The second-order valence-electron chi connectivity index (χ2n) is 4.30. The van der Waals surface area contributed by atoms with Crippen LogP contribution in [0.15, 0.2) is 0 Å². The lowest BCUT2D eigenvalue weighted by atomic mass is 10.1. The summed E-state index contributed by atoms with van der Waals surface area (Å²) in [4.78, 5) is 16.0. The lowest BCUT2D eigenvalue weighted by molar-refractivity contribution is -0.138. The minimum absolute atomic E-state index is 0.130. The van der Waals surface area contributed by atoms with Crippen molar-refractivity contribution in [2.75, 3.05) is 26.7 Å². The van der Waals surface area contributed by atoms with Gasteiger partial charge in [0, 0.05) is 31.6 Å². The van der Waals surface area contributed by atoms with Crippen molar-refractivity contribution in [3.8, 4) is 0 Å². The number of amides is 1. The predicted octanol–water partition coefficient (Wildman–Crippen LogP) is 1.83. The fourth-order valence-corrected chi connectivity index (χ4v) is 1.80. The number of hydrogen-bond acceptors (Lipinski definition) is 2. The molecule has 1 saturated heterocycles. The van der Waals surface area contributed by atoms with Gasteiger partial charge in [-0.2, -0.15) is 0 Å². The first-order chi connectivity index (χ1) is 7.02. The molecule has 0 aromatic rings. The molecule has 15 heavy (non-hydrogen) atoms. The van der Waals surface area contributed by atoms with Crippen LogP contribution in [0.4, 0.5) is 0 Å². The average molecular weight is 214 g/mol. The lowest BCUT2D eigenvalue weighted by Gasteiger charge is -2.39. The summed E-state index contributed by atoms with van der Waals surface area (Å²) >= 11 is 0. The molecule has 1 atom stereocenters. The van der Waals surface area contributed by atoms with E-state index in [1.807, 2.05) is 32.6 Å².